The SMILES string of the molecule is O=CC1C2C=CC(N3CCOCC3)C12. The van der Waals surface area contributed by atoms with Crippen molar-refractivity contribution in [2.75, 3.05) is 26.3 Å². The molecule has 3 aliphatic rings. The Morgan fingerprint density at radius 1 is 1.29 bits per heavy atom. The molecule has 2 fully saturated rings. The predicted octanol–water partition coefficient (Wildman–Crippen LogP) is 0.318. The Hall–Kier alpha value is -0.670. The maximum Gasteiger partial charge on any atom is 0.124 e. The summed E-state index contributed by atoms with van der Waals surface area (Å²) in [7, 11) is 0. The van der Waals surface area contributed by atoms with E-state index < -0.39 is 0 Å². The smallest absolute Gasteiger partial charge is 0.124 e. The summed E-state index contributed by atoms with van der Waals surface area (Å²) >= 11 is 0. The molecule has 3 heteroatoms. The topological polar surface area (TPSA) is 29.5 Å². The van der Waals surface area contributed by atoms with E-state index in [-0.39, 0.29) is 0 Å². The highest BCUT2D eigenvalue weighted by molar-refractivity contribution is 5.62. The molecule has 0 N–H and O–H groups in total. The first-order chi connectivity index (χ1) is 6.92. The Balaban J connectivity index is 1.68. The molecule has 0 aromatic carbocycles. The average molecular weight is 193 g/mol. The Morgan fingerprint density at radius 2 is 2.07 bits per heavy atom. The van der Waals surface area contributed by atoms with Gasteiger partial charge in [-0.1, -0.05) is 12.2 Å². The normalized spacial score (nSPS) is 46.3. The molecule has 1 saturated heterocycles. The van der Waals surface area contributed by atoms with Gasteiger partial charge in [0.25, 0.3) is 0 Å². The standard InChI is InChI=1S/C11H15NO2/c13-7-9-8-1-2-10(11(8)9)12-3-5-14-6-4-12/h1-2,7-11H,3-6H2. The lowest BCUT2D eigenvalue weighted by Gasteiger charge is -2.32. The van der Waals surface area contributed by atoms with E-state index in [0.717, 1.165) is 32.6 Å². The number of ether oxygens (including phenoxy) is 1. The van der Waals surface area contributed by atoms with Gasteiger partial charge in [0.2, 0.25) is 0 Å². The molecule has 0 aromatic heterocycles. The summed E-state index contributed by atoms with van der Waals surface area (Å²) < 4.78 is 5.33. The van der Waals surface area contributed by atoms with Crippen LogP contribution < -0.4 is 0 Å². The van der Waals surface area contributed by atoms with Crippen LogP contribution in [0.5, 0.6) is 0 Å². The lowest BCUT2D eigenvalue weighted by molar-refractivity contribution is -0.109. The maximum absolute atomic E-state index is 10.7. The van der Waals surface area contributed by atoms with Crippen molar-refractivity contribution in [3.8, 4) is 0 Å². The van der Waals surface area contributed by atoms with Gasteiger partial charge in [-0.15, -0.1) is 0 Å². The Kier molecular flexibility index (Phi) is 1.96. The number of rotatable bonds is 2. The lowest BCUT2D eigenvalue weighted by Crippen LogP contribution is -2.43. The molecule has 3 rings (SSSR count). The number of carbonyl (C=O) groups is 1. The highest BCUT2D eigenvalue weighted by atomic mass is 16.5. The van der Waals surface area contributed by atoms with Gasteiger partial charge in [-0.05, 0) is 11.8 Å². The first kappa shape index (κ1) is 8.62. The molecule has 1 heterocycles. The van der Waals surface area contributed by atoms with Crippen molar-refractivity contribution < 1.29 is 9.53 Å². The van der Waals surface area contributed by atoms with Crippen molar-refractivity contribution in [1.82, 2.24) is 4.90 Å². The maximum atomic E-state index is 10.7. The van der Waals surface area contributed by atoms with Gasteiger partial charge in [-0.2, -0.15) is 0 Å². The summed E-state index contributed by atoms with van der Waals surface area (Å²) in [6.45, 7) is 3.72. The van der Waals surface area contributed by atoms with Gasteiger partial charge in [0.15, 0.2) is 0 Å². The highest BCUT2D eigenvalue weighted by Crippen LogP contribution is 2.53. The number of hydrogen-bond donors (Lipinski definition) is 0. The van der Waals surface area contributed by atoms with Crippen molar-refractivity contribution in [2.24, 2.45) is 17.8 Å². The summed E-state index contributed by atoms with van der Waals surface area (Å²) in [5.74, 6) is 1.46. The van der Waals surface area contributed by atoms with E-state index in [9.17, 15) is 4.79 Å². The summed E-state index contributed by atoms with van der Waals surface area (Å²) in [5, 5.41) is 0. The van der Waals surface area contributed by atoms with Crippen LogP contribution >= 0.6 is 0 Å². The van der Waals surface area contributed by atoms with Crippen LogP contribution in [0.25, 0.3) is 0 Å². The third kappa shape index (κ3) is 1.16. The molecule has 0 spiro atoms. The Labute approximate surface area is 83.7 Å². The third-order valence-electron chi connectivity index (χ3n) is 3.74. The second-order valence-electron chi connectivity index (χ2n) is 4.39. The Morgan fingerprint density at radius 3 is 2.71 bits per heavy atom. The van der Waals surface area contributed by atoms with Crippen molar-refractivity contribution in [1.29, 1.82) is 0 Å². The molecule has 76 valence electrons. The number of morpholine rings is 1. The molecule has 0 amide bonds. The van der Waals surface area contributed by atoms with E-state index in [4.69, 9.17) is 4.74 Å². The zero-order valence-electron chi connectivity index (χ0n) is 8.13. The first-order valence-electron chi connectivity index (χ1n) is 5.37. The van der Waals surface area contributed by atoms with Gasteiger partial charge in [-0.25, -0.2) is 0 Å². The Bertz CT molecular complexity index is 266. The zero-order valence-corrected chi connectivity index (χ0v) is 8.13. The van der Waals surface area contributed by atoms with E-state index in [0.29, 0.717) is 23.8 Å². The molecular formula is C11H15NO2. The molecule has 1 saturated carbocycles. The minimum atomic E-state index is 0.313. The molecule has 0 aromatic rings. The fourth-order valence-corrected chi connectivity index (χ4v) is 2.89. The average Bonchev–Trinajstić information content (AvgIpc) is 2.78. The molecule has 0 bridgehead atoms. The van der Waals surface area contributed by atoms with Crippen LogP contribution in [0.15, 0.2) is 12.2 Å². The van der Waals surface area contributed by atoms with Crippen molar-refractivity contribution >= 4 is 6.29 Å². The van der Waals surface area contributed by atoms with Crippen molar-refractivity contribution in [3.63, 3.8) is 0 Å². The fourth-order valence-electron chi connectivity index (χ4n) is 2.89. The van der Waals surface area contributed by atoms with Gasteiger partial charge in [0.1, 0.15) is 6.29 Å². The second-order valence-corrected chi connectivity index (χ2v) is 4.39. The van der Waals surface area contributed by atoms with Gasteiger partial charge >= 0.3 is 0 Å². The van der Waals surface area contributed by atoms with Crippen LogP contribution in [0.2, 0.25) is 0 Å². The molecule has 4 atom stereocenters. The van der Waals surface area contributed by atoms with Crippen LogP contribution in [0, 0.1) is 17.8 Å². The van der Waals surface area contributed by atoms with E-state index in [1.807, 2.05) is 0 Å². The predicted molar refractivity (Wildman–Crippen MR) is 51.9 cm³/mol. The molecule has 2 aliphatic carbocycles. The number of hydrogen-bond acceptors (Lipinski definition) is 3. The van der Waals surface area contributed by atoms with Gasteiger partial charge in [0.05, 0.1) is 13.2 Å². The molecule has 0 radical (unpaired) electrons. The summed E-state index contributed by atoms with van der Waals surface area (Å²) in [6.07, 6.45) is 5.64. The van der Waals surface area contributed by atoms with E-state index in [2.05, 4.69) is 17.1 Å². The van der Waals surface area contributed by atoms with Crippen molar-refractivity contribution in [2.45, 2.75) is 6.04 Å². The van der Waals surface area contributed by atoms with Gasteiger partial charge < -0.3 is 9.53 Å². The molecule has 14 heavy (non-hydrogen) atoms. The minimum absolute atomic E-state index is 0.313. The van der Waals surface area contributed by atoms with Crippen LogP contribution in [-0.2, 0) is 9.53 Å². The molecule has 4 unspecified atom stereocenters. The molecular weight excluding hydrogens is 178 g/mol. The number of fused-ring (bicyclic) bond motifs is 1. The summed E-state index contributed by atoms with van der Waals surface area (Å²) in [6, 6.07) is 0.513. The van der Waals surface area contributed by atoms with E-state index in [1.54, 1.807) is 0 Å². The van der Waals surface area contributed by atoms with Crippen molar-refractivity contribution in [3.05, 3.63) is 12.2 Å². The molecule has 1 aliphatic heterocycles. The van der Waals surface area contributed by atoms with Crippen LogP contribution in [0.1, 0.15) is 0 Å². The van der Waals surface area contributed by atoms with Crippen LogP contribution in [0.4, 0.5) is 0 Å². The fraction of sp³-hybridized carbons (Fsp3) is 0.727. The summed E-state index contributed by atoms with van der Waals surface area (Å²) in [5.41, 5.74) is 0. The third-order valence-corrected chi connectivity index (χ3v) is 3.74. The highest BCUT2D eigenvalue weighted by Gasteiger charge is 2.56. The monoisotopic (exact) mass is 193 g/mol. The van der Waals surface area contributed by atoms with E-state index >= 15 is 0 Å². The molecule has 3 nitrogen and oxygen atoms in total. The number of aldehydes is 1. The first-order valence-corrected chi connectivity index (χ1v) is 5.37. The quantitative estimate of drug-likeness (QED) is 0.467. The number of nitrogens with zero attached hydrogens (tertiary/aromatic N) is 1. The zero-order chi connectivity index (χ0) is 9.54. The minimum Gasteiger partial charge on any atom is -0.379 e. The number of allylic oxidation sites excluding steroid dienone is 1. The summed E-state index contributed by atoms with van der Waals surface area (Å²) in [4.78, 5) is 13.2. The largest absolute Gasteiger partial charge is 0.379 e. The van der Waals surface area contributed by atoms with Gasteiger partial charge in [-0.3, -0.25) is 4.90 Å². The van der Waals surface area contributed by atoms with E-state index in [1.165, 1.54) is 0 Å². The van der Waals surface area contributed by atoms with Crippen LogP contribution in [-0.4, -0.2) is 43.5 Å². The second kappa shape index (κ2) is 3.17. The number of carbonyl (C=O) groups excluding carboxylic acids is 1. The van der Waals surface area contributed by atoms with Gasteiger partial charge in [0, 0.05) is 25.0 Å². The van der Waals surface area contributed by atoms with Crippen LogP contribution in [0.3, 0.4) is 0 Å². The lowest BCUT2D eigenvalue weighted by atomic mass is 10.1.